The minimum atomic E-state index is -3.65. The average Bonchev–Trinajstić information content (AvgIpc) is 2.18. The highest BCUT2D eigenvalue weighted by Gasteiger charge is 2.32. The molecule has 0 unspecified atom stereocenters. The number of phenols is 2. The van der Waals surface area contributed by atoms with E-state index in [1.165, 1.54) is 32.4 Å². The van der Waals surface area contributed by atoms with Crippen molar-refractivity contribution < 1.29 is 28.7 Å². The third kappa shape index (κ3) is 8.41. The van der Waals surface area contributed by atoms with Crippen molar-refractivity contribution in [2.24, 2.45) is 0 Å². The third-order valence-electron chi connectivity index (χ3n) is 1.36. The fourth-order valence-electron chi connectivity index (χ4n) is 0.576. The predicted octanol–water partition coefficient (Wildman–Crippen LogP) is -1.65. The molecule has 1 rings (SSSR count). The summed E-state index contributed by atoms with van der Waals surface area (Å²) in [6.45, 7) is 0. The first kappa shape index (κ1) is 17.5. The van der Waals surface area contributed by atoms with E-state index in [-0.39, 0.29) is 22.5 Å². The second-order valence-electron chi connectivity index (χ2n) is 2.48. The van der Waals surface area contributed by atoms with Crippen molar-refractivity contribution in [2.75, 3.05) is 14.2 Å². The van der Waals surface area contributed by atoms with Crippen molar-refractivity contribution in [3.05, 3.63) is 24.3 Å². The molecule has 0 fully saturated rings. The van der Waals surface area contributed by atoms with Crippen LogP contribution in [-0.4, -0.2) is 54.0 Å². The highest BCUT2D eigenvalue weighted by molar-refractivity contribution is 6.50. The molecule has 0 saturated heterocycles. The first-order valence-electron chi connectivity index (χ1n) is 3.94. The fraction of sp³-hybridized carbons (Fsp3) is 0.250. The van der Waals surface area contributed by atoms with Gasteiger partial charge in [0.05, 0.1) is 0 Å². The van der Waals surface area contributed by atoms with E-state index in [0.717, 1.165) is 0 Å². The van der Waals surface area contributed by atoms with Gasteiger partial charge in [-0.1, -0.05) is 6.07 Å². The lowest BCUT2D eigenvalue weighted by molar-refractivity contribution is 0.0634. The molecule has 94 valence electrons. The lowest BCUT2D eigenvalue weighted by Gasteiger charge is -2.08. The molecule has 0 amide bonds. The molecule has 0 aliphatic rings. The van der Waals surface area contributed by atoms with Crippen LogP contribution in [0.15, 0.2) is 24.3 Å². The van der Waals surface area contributed by atoms with Gasteiger partial charge in [-0.15, -0.1) is 0 Å². The standard InChI is InChI=1S/C6H6O2.C2H8O4Si.H4Si/c7-5-2-1-3-6(8)4-5;1-5-7(3,4)6-2;/h1-4,7-8H;3-4H,1-2H3;1H4. The lowest BCUT2D eigenvalue weighted by Crippen LogP contribution is -2.40. The molecular formula is C8H18O6Si2. The summed E-state index contributed by atoms with van der Waals surface area (Å²) in [6, 6.07) is 5.85. The Morgan fingerprint density at radius 2 is 1.38 bits per heavy atom. The molecule has 1 aromatic rings. The first-order chi connectivity index (χ1) is 6.91. The predicted molar refractivity (Wildman–Crippen MR) is 65.3 cm³/mol. The average molecular weight is 266 g/mol. The van der Waals surface area contributed by atoms with Crippen LogP contribution in [0.25, 0.3) is 0 Å². The molecule has 0 atom stereocenters. The Morgan fingerprint density at radius 3 is 1.50 bits per heavy atom. The van der Waals surface area contributed by atoms with E-state index in [4.69, 9.17) is 19.8 Å². The van der Waals surface area contributed by atoms with Crippen LogP contribution in [0.2, 0.25) is 0 Å². The fourth-order valence-corrected chi connectivity index (χ4v) is 0.743. The second kappa shape index (κ2) is 8.27. The molecule has 8 heteroatoms. The van der Waals surface area contributed by atoms with Gasteiger partial charge in [0, 0.05) is 20.3 Å². The quantitative estimate of drug-likeness (QED) is 0.479. The summed E-state index contributed by atoms with van der Waals surface area (Å²) in [6.07, 6.45) is 0. The molecular weight excluding hydrogens is 248 g/mol. The molecule has 0 aliphatic heterocycles. The first-order valence-corrected chi connectivity index (χ1v) is 5.65. The highest BCUT2D eigenvalue weighted by Crippen LogP contribution is 2.14. The van der Waals surface area contributed by atoms with Crippen LogP contribution in [0.4, 0.5) is 0 Å². The van der Waals surface area contributed by atoms with Gasteiger partial charge in [0.1, 0.15) is 11.5 Å². The minimum Gasteiger partial charge on any atom is -0.508 e. The van der Waals surface area contributed by atoms with E-state index in [9.17, 15) is 0 Å². The second-order valence-corrected chi connectivity index (χ2v) is 4.39. The summed E-state index contributed by atoms with van der Waals surface area (Å²) in [5.74, 6) is 0.176. The van der Waals surface area contributed by atoms with Gasteiger partial charge in [-0.3, -0.25) is 0 Å². The van der Waals surface area contributed by atoms with Crippen LogP contribution in [0.1, 0.15) is 0 Å². The Labute approximate surface area is 99.2 Å². The smallest absolute Gasteiger partial charge is 0.508 e. The number of hydrogen-bond donors (Lipinski definition) is 4. The number of hydrogen-bond acceptors (Lipinski definition) is 6. The van der Waals surface area contributed by atoms with Gasteiger partial charge in [0.2, 0.25) is 0 Å². The normalized spacial score (nSPS) is 9.75. The molecule has 0 heterocycles. The summed E-state index contributed by atoms with van der Waals surface area (Å²) in [5, 5.41) is 17.3. The zero-order valence-electron chi connectivity index (χ0n) is 8.41. The number of rotatable bonds is 2. The Morgan fingerprint density at radius 1 is 1.00 bits per heavy atom. The molecule has 4 N–H and O–H groups in total. The van der Waals surface area contributed by atoms with Gasteiger partial charge in [0.15, 0.2) is 0 Å². The van der Waals surface area contributed by atoms with Crippen molar-refractivity contribution >= 4 is 20.0 Å². The van der Waals surface area contributed by atoms with E-state index < -0.39 is 9.05 Å². The van der Waals surface area contributed by atoms with Gasteiger partial charge in [-0.2, -0.15) is 0 Å². The zero-order chi connectivity index (χ0) is 11.9. The molecule has 0 bridgehead atoms. The molecule has 6 nitrogen and oxygen atoms in total. The Balaban J connectivity index is 0. The van der Waals surface area contributed by atoms with Gasteiger partial charge in [-0.05, 0) is 23.1 Å². The molecule has 0 saturated carbocycles. The number of aromatic hydroxyl groups is 2. The summed E-state index contributed by atoms with van der Waals surface area (Å²) >= 11 is 0. The number of phenolic OH excluding ortho intramolecular Hbond substituents is 2. The van der Waals surface area contributed by atoms with Crippen LogP contribution < -0.4 is 0 Å². The van der Waals surface area contributed by atoms with Crippen LogP contribution in [0.5, 0.6) is 11.5 Å². The summed E-state index contributed by atoms with van der Waals surface area (Å²) in [5.41, 5.74) is 0. The molecule has 0 radical (unpaired) electrons. The van der Waals surface area contributed by atoms with E-state index in [1.807, 2.05) is 0 Å². The minimum absolute atomic E-state index is 0. The monoisotopic (exact) mass is 266 g/mol. The maximum atomic E-state index is 8.65. The molecule has 0 aromatic heterocycles. The van der Waals surface area contributed by atoms with E-state index in [1.54, 1.807) is 6.07 Å². The van der Waals surface area contributed by atoms with Crippen molar-refractivity contribution in [3.8, 4) is 11.5 Å². The summed E-state index contributed by atoms with van der Waals surface area (Å²) in [4.78, 5) is 16.8. The zero-order valence-corrected chi connectivity index (χ0v) is 9.41. The van der Waals surface area contributed by atoms with Gasteiger partial charge in [-0.25, -0.2) is 0 Å². The lowest BCUT2D eigenvalue weighted by atomic mass is 10.3. The van der Waals surface area contributed by atoms with Crippen molar-refractivity contribution in [3.63, 3.8) is 0 Å². The van der Waals surface area contributed by atoms with E-state index in [2.05, 4.69) is 8.85 Å². The van der Waals surface area contributed by atoms with Crippen molar-refractivity contribution in [2.45, 2.75) is 0 Å². The van der Waals surface area contributed by atoms with Crippen LogP contribution >= 0.6 is 0 Å². The molecule has 0 spiro atoms. The van der Waals surface area contributed by atoms with Crippen molar-refractivity contribution in [1.82, 2.24) is 0 Å². The van der Waals surface area contributed by atoms with Crippen LogP contribution in [0, 0.1) is 0 Å². The number of benzene rings is 1. The van der Waals surface area contributed by atoms with E-state index >= 15 is 0 Å². The highest BCUT2D eigenvalue weighted by atomic mass is 28.4. The maximum absolute atomic E-state index is 8.65. The van der Waals surface area contributed by atoms with Crippen molar-refractivity contribution in [1.29, 1.82) is 0 Å². The summed E-state index contributed by atoms with van der Waals surface area (Å²) < 4.78 is 8.23. The SMILES string of the molecule is CO[Si](O)(O)OC.Oc1cccc(O)c1.[SiH4]. The van der Waals surface area contributed by atoms with Gasteiger partial charge >= 0.3 is 9.05 Å². The largest absolute Gasteiger partial charge is 0.673 e. The third-order valence-corrected chi connectivity index (χ3v) is 2.43. The Kier molecular flexibility index (Phi) is 9.04. The van der Waals surface area contributed by atoms with Gasteiger partial charge in [0.25, 0.3) is 0 Å². The Hall–Kier alpha value is -0.906. The Bertz CT molecular complexity index is 270. The van der Waals surface area contributed by atoms with Crippen LogP contribution in [0.3, 0.4) is 0 Å². The van der Waals surface area contributed by atoms with E-state index in [0.29, 0.717) is 0 Å². The summed E-state index contributed by atoms with van der Waals surface area (Å²) in [7, 11) is -1.30. The topological polar surface area (TPSA) is 99.4 Å². The molecule has 16 heavy (non-hydrogen) atoms. The molecule has 0 aliphatic carbocycles. The maximum Gasteiger partial charge on any atom is 0.673 e. The van der Waals surface area contributed by atoms with Gasteiger partial charge < -0.3 is 28.7 Å². The van der Waals surface area contributed by atoms with Crippen LogP contribution in [-0.2, 0) is 8.85 Å². The molecule has 1 aromatic carbocycles.